The lowest BCUT2D eigenvalue weighted by atomic mass is 9.97. The predicted molar refractivity (Wildman–Crippen MR) is 102 cm³/mol. The molecule has 0 spiro atoms. The van der Waals surface area contributed by atoms with Crippen LogP contribution >= 0.6 is 0 Å². The fourth-order valence-electron chi connectivity index (χ4n) is 2.96. The van der Waals surface area contributed by atoms with E-state index < -0.39 is 0 Å². The molecule has 9 nitrogen and oxygen atoms in total. The highest BCUT2D eigenvalue weighted by atomic mass is 16.3. The highest BCUT2D eigenvalue weighted by molar-refractivity contribution is 5.93. The van der Waals surface area contributed by atoms with Crippen molar-refractivity contribution >= 4 is 17.5 Å². The lowest BCUT2D eigenvalue weighted by Gasteiger charge is -2.22. The van der Waals surface area contributed by atoms with Crippen LogP contribution in [0.4, 0.5) is 5.95 Å². The number of anilines is 1. The number of nitrogens with one attached hydrogen (secondary N) is 1. The molecule has 142 valence electrons. The van der Waals surface area contributed by atoms with Gasteiger partial charge in [-0.1, -0.05) is 13.8 Å². The van der Waals surface area contributed by atoms with Crippen LogP contribution < -0.4 is 11.1 Å². The molecule has 28 heavy (non-hydrogen) atoms. The average Bonchev–Trinajstić information content (AvgIpc) is 3.35. The summed E-state index contributed by atoms with van der Waals surface area (Å²) >= 11 is 0. The molecule has 4 aromatic heterocycles. The van der Waals surface area contributed by atoms with E-state index in [1.54, 1.807) is 30.6 Å². The second-order valence-corrected chi connectivity index (χ2v) is 6.66. The number of carbonyl (C=O) groups is 1. The van der Waals surface area contributed by atoms with Gasteiger partial charge in [-0.15, -0.1) is 5.10 Å². The second-order valence-electron chi connectivity index (χ2n) is 6.66. The van der Waals surface area contributed by atoms with Crippen LogP contribution in [0.2, 0.25) is 0 Å². The van der Waals surface area contributed by atoms with Crippen molar-refractivity contribution in [1.82, 2.24) is 29.9 Å². The fraction of sp³-hybridized carbons (Fsp3) is 0.211. The molecule has 0 fully saturated rings. The van der Waals surface area contributed by atoms with Crippen LogP contribution in [0.15, 0.2) is 53.4 Å². The molecular weight excluding hydrogens is 358 g/mol. The zero-order chi connectivity index (χ0) is 19.7. The van der Waals surface area contributed by atoms with Crippen LogP contribution in [0, 0.1) is 5.92 Å². The van der Waals surface area contributed by atoms with Gasteiger partial charge >= 0.3 is 0 Å². The van der Waals surface area contributed by atoms with E-state index in [2.05, 4.69) is 25.4 Å². The molecule has 0 saturated carbocycles. The van der Waals surface area contributed by atoms with Crippen molar-refractivity contribution in [2.75, 3.05) is 5.73 Å². The Morgan fingerprint density at radius 2 is 2.00 bits per heavy atom. The molecule has 1 unspecified atom stereocenters. The number of aromatic nitrogens is 5. The fourth-order valence-corrected chi connectivity index (χ4v) is 2.96. The Morgan fingerprint density at radius 1 is 1.21 bits per heavy atom. The first kappa shape index (κ1) is 17.7. The van der Waals surface area contributed by atoms with Gasteiger partial charge in [0.1, 0.15) is 5.69 Å². The summed E-state index contributed by atoms with van der Waals surface area (Å²) in [4.78, 5) is 25.4. The predicted octanol–water partition coefficient (Wildman–Crippen LogP) is 2.49. The minimum absolute atomic E-state index is 0.0676. The number of nitrogens with two attached hydrogens (primary N) is 1. The van der Waals surface area contributed by atoms with Crippen LogP contribution in [0.5, 0.6) is 0 Å². The van der Waals surface area contributed by atoms with Gasteiger partial charge in [-0.3, -0.25) is 9.78 Å². The Hall–Kier alpha value is -3.75. The lowest BCUT2D eigenvalue weighted by molar-refractivity contribution is 0.0920. The van der Waals surface area contributed by atoms with E-state index in [1.165, 1.54) is 10.8 Å². The number of amides is 1. The zero-order valence-corrected chi connectivity index (χ0v) is 15.4. The Kier molecular flexibility index (Phi) is 4.48. The second kappa shape index (κ2) is 7.10. The van der Waals surface area contributed by atoms with E-state index in [-0.39, 0.29) is 29.5 Å². The summed E-state index contributed by atoms with van der Waals surface area (Å²) < 4.78 is 6.68. The maximum absolute atomic E-state index is 12.8. The van der Waals surface area contributed by atoms with Crippen molar-refractivity contribution in [2.24, 2.45) is 5.92 Å². The minimum atomic E-state index is -0.340. The van der Waals surface area contributed by atoms with Gasteiger partial charge < -0.3 is 15.5 Å². The molecule has 3 N–H and O–H groups in total. The number of furan rings is 1. The summed E-state index contributed by atoms with van der Waals surface area (Å²) in [5.41, 5.74) is 7.54. The summed E-state index contributed by atoms with van der Waals surface area (Å²) in [6.07, 6.45) is 4.93. The van der Waals surface area contributed by atoms with Gasteiger partial charge in [0.15, 0.2) is 11.4 Å². The highest BCUT2D eigenvalue weighted by Gasteiger charge is 2.21. The average molecular weight is 377 g/mol. The van der Waals surface area contributed by atoms with Crippen LogP contribution in [0.25, 0.3) is 17.2 Å². The Morgan fingerprint density at radius 3 is 2.68 bits per heavy atom. The molecule has 0 saturated heterocycles. The molecule has 0 aliphatic rings. The first-order chi connectivity index (χ1) is 13.5. The summed E-state index contributed by atoms with van der Waals surface area (Å²) in [5, 5.41) is 7.29. The maximum Gasteiger partial charge on any atom is 0.270 e. The van der Waals surface area contributed by atoms with Crippen molar-refractivity contribution < 1.29 is 9.21 Å². The third-order valence-corrected chi connectivity index (χ3v) is 4.34. The number of hydrogen-bond donors (Lipinski definition) is 2. The molecule has 9 heteroatoms. The summed E-state index contributed by atoms with van der Waals surface area (Å²) in [6.45, 7) is 4.06. The van der Waals surface area contributed by atoms with Crippen molar-refractivity contribution in [3.05, 3.63) is 60.2 Å². The summed E-state index contributed by atoms with van der Waals surface area (Å²) in [5.74, 6) is 0.774. The normalized spacial score (nSPS) is 12.4. The first-order valence-electron chi connectivity index (χ1n) is 8.81. The SMILES string of the molecule is CC(C)C(NC(=O)c1cc2nc(-c3ccco3)nn2c(N)n1)c1ccncc1. The van der Waals surface area contributed by atoms with Crippen LogP contribution in [0.3, 0.4) is 0 Å². The molecule has 0 bridgehead atoms. The van der Waals surface area contributed by atoms with E-state index in [0.717, 1.165) is 5.56 Å². The smallest absolute Gasteiger partial charge is 0.270 e. The zero-order valence-electron chi connectivity index (χ0n) is 15.4. The standard InChI is InChI=1S/C19H19N7O2/c1-11(2)16(12-5-7-21-8-6-12)24-18(27)13-10-15-23-17(14-4-3-9-28-14)25-26(15)19(20)22-13/h3-11,16H,1-2H3,(H2,20,22)(H,24,27). The quantitative estimate of drug-likeness (QED) is 0.547. The molecule has 0 aliphatic heterocycles. The van der Waals surface area contributed by atoms with E-state index >= 15 is 0 Å². The van der Waals surface area contributed by atoms with Gasteiger partial charge in [-0.2, -0.15) is 4.52 Å². The van der Waals surface area contributed by atoms with Gasteiger partial charge in [0.05, 0.1) is 12.3 Å². The third kappa shape index (κ3) is 3.29. The summed E-state index contributed by atoms with van der Waals surface area (Å²) in [6, 6.07) is 8.61. The van der Waals surface area contributed by atoms with Crippen LogP contribution in [0.1, 0.15) is 35.9 Å². The first-order valence-corrected chi connectivity index (χ1v) is 8.81. The molecule has 1 atom stereocenters. The van der Waals surface area contributed by atoms with Crippen molar-refractivity contribution in [3.8, 4) is 11.6 Å². The largest absolute Gasteiger partial charge is 0.461 e. The monoisotopic (exact) mass is 377 g/mol. The maximum atomic E-state index is 12.8. The van der Waals surface area contributed by atoms with Crippen LogP contribution in [-0.2, 0) is 0 Å². The number of carbonyl (C=O) groups excluding carboxylic acids is 1. The van der Waals surface area contributed by atoms with E-state index in [9.17, 15) is 4.79 Å². The molecule has 1 amide bonds. The molecule has 0 radical (unpaired) electrons. The third-order valence-electron chi connectivity index (χ3n) is 4.34. The number of hydrogen-bond acceptors (Lipinski definition) is 7. The minimum Gasteiger partial charge on any atom is -0.461 e. The Labute approximate surface area is 160 Å². The van der Waals surface area contributed by atoms with Crippen LogP contribution in [-0.4, -0.2) is 30.5 Å². The molecule has 4 aromatic rings. The number of nitrogen functional groups attached to an aromatic ring is 1. The number of fused-ring (bicyclic) bond motifs is 1. The van der Waals surface area contributed by atoms with Crippen molar-refractivity contribution in [1.29, 1.82) is 0 Å². The van der Waals surface area contributed by atoms with Gasteiger partial charge in [0.2, 0.25) is 11.8 Å². The Balaban J connectivity index is 1.65. The Bertz CT molecular complexity index is 1100. The van der Waals surface area contributed by atoms with Gasteiger partial charge in [0, 0.05) is 18.5 Å². The number of nitrogens with zero attached hydrogens (tertiary/aromatic N) is 5. The molecule has 0 aromatic carbocycles. The van der Waals surface area contributed by atoms with Crippen molar-refractivity contribution in [3.63, 3.8) is 0 Å². The van der Waals surface area contributed by atoms with Gasteiger partial charge in [0.25, 0.3) is 5.91 Å². The number of rotatable bonds is 5. The van der Waals surface area contributed by atoms with Gasteiger partial charge in [-0.25, -0.2) is 9.97 Å². The lowest BCUT2D eigenvalue weighted by Crippen LogP contribution is -2.32. The molecular formula is C19H19N7O2. The highest BCUT2D eigenvalue weighted by Crippen LogP contribution is 2.22. The molecule has 0 aliphatic carbocycles. The van der Waals surface area contributed by atoms with E-state index in [0.29, 0.717) is 17.2 Å². The summed E-state index contributed by atoms with van der Waals surface area (Å²) in [7, 11) is 0. The molecule has 4 heterocycles. The van der Waals surface area contributed by atoms with E-state index in [4.69, 9.17) is 10.2 Å². The number of pyridine rings is 1. The van der Waals surface area contributed by atoms with E-state index in [1.807, 2.05) is 26.0 Å². The van der Waals surface area contributed by atoms with Crippen molar-refractivity contribution in [2.45, 2.75) is 19.9 Å². The molecule has 4 rings (SSSR count). The topological polar surface area (TPSA) is 124 Å². The van der Waals surface area contributed by atoms with Gasteiger partial charge in [-0.05, 0) is 35.7 Å².